The number of ether oxygens (including phenoxy) is 2. The number of fused-ring (bicyclic) bond motifs is 3. The first-order chi connectivity index (χ1) is 20.1. The highest BCUT2D eigenvalue weighted by atomic mass is 16.6. The van der Waals surface area contributed by atoms with Crippen LogP contribution in [0.3, 0.4) is 0 Å². The van der Waals surface area contributed by atoms with Crippen molar-refractivity contribution in [2.45, 2.75) is 122 Å². The number of carbonyl (C=O) groups is 4. The van der Waals surface area contributed by atoms with Gasteiger partial charge in [0.05, 0.1) is 12.1 Å². The number of unbranched alkanes of at least 4 members (excludes halogenated alkanes) is 6. The zero-order valence-corrected chi connectivity index (χ0v) is 25.8. The maximum Gasteiger partial charge on any atom is 0.407 e. The highest BCUT2D eigenvalue weighted by molar-refractivity contribution is 5.94. The Bertz CT molecular complexity index is 1060. The molecule has 3 rings (SSSR count). The molecular weight excluding hydrogens is 536 g/mol. The highest BCUT2D eigenvalue weighted by Crippen LogP contribution is 2.23. The Kier molecular flexibility index (Phi) is 12.9. The molecular formula is C32H50N4O6. The van der Waals surface area contributed by atoms with Gasteiger partial charge >= 0.3 is 6.09 Å². The first-order valence-corrected chi connectivity index (χ1v) is 15.7. The zero-order chi connectivity index (χ0) is 30.5. The molecule has 10 heteroatoms. The van der Waals surface area contributed by atoms with Gasteiger partial charge in [-0.15, -0.1) is 0 Å². The van der Waals surface area contributed by atoms with Gasteiger partial charge in [0, 0.05) is 25.1 Å². The lowest BCUT2D eigenvalue weighted by Crippen LogP contribution is -2.52. The van der Waals surface area contributed by atoms with Crippen molar-refractivity contribution in [3.05, 3.63) is 29.8 Å². The maximum absolute atomic E-state index is 13.9. The third-order valence-corrected chi connectivity index (χ3v) is 7.55. The van der Waals surface area contributed by atoms with E-state index in [1.54, 1.807) is 49.9 Å². The molecule has 1 fully saturated rings. The van der Waals surface area contributed by atoms with Crippen LogP contribution in [-0.2, 0) is 14.3 Å². The molecule has 42 heavy (non-hydrogen) atoms. The third-order valence-electron chi connectivity index (χ3n) is 7.55. The average molecular weight is 587 g/mol. The van der Waals surface area contributed by atoms with Crippen molar-refractivity contribution in [1.29, 1.82) is 0 Å². The minimum Gasteiger partial charge on any atom is -0.491 e. The Morgan fingerprint density at radius 1 is 1.07 bits per heavy atom. The largest absolute Gasteiger partial charge is 0.491 e. The fourth-order valence-corrected chi connectivity index (χ4v) is 5.42. The van der Waals surface area contributed by atoms with Crippen molar-refractivity contribution in [2.24, 2.45) is 0 Å². The number of rotatable bonds is 10. The molecule has 2 aliphatic heterocycles. The summed E-state index contributed by atoms with van der Waals surface area (Å²) in [5.41, 5.74) is -0.151. The molecule has 2 bridgehead atoms. The molecule has 0 unspecified atom stereocenters. The quantitative estimate of drug-likeness (QED) is 0.341. The molecule has 0 radical (unpaired) electrons. The lowest BCUT2D eigenvalue weighted by molar-refractivity contribution is -0.138. The average Bonchev–Trinajstić information content (AvgIpc) is 3.33. The number of carbonyl (C=O) groups excluding carboxylic acids is 4. The summed E-state index contributed by atoms with van der Waals surface area (Å²) < 4.78 is 11.5. The molecule has 1 aromatic carbocycles. The first kappa shape index (κ1) is 33.2. The summed E-state index contributed by atoms with van der Waals surface area (Å²) >= 11 is 0. The molecule has 0 spiro atoms. The third kappa shape index (κ3) is 11.2. The summed E-state index contributed by atoms with van der Waals surface area (Å²) in [5, 5.41) is 8.77. The van der Waals surface area contributed by atoms with E-state index in [2.05, 4.69) is 22.9 Å². The highest BCUT2D eigenvalue weighted by Gasteiger charge is 2.40. The number of alkyl carbamates (subject to hydrolysis) is 1. The van der Waals surface area contributed by atoms with Crippen molar-refractivity contribution in [2.75, 3.05) is 19.7 Å². The van der Waals surface area contributed by atoms with E-state index >= 15 is 0 Å². The lowest BCUT2D eigenvalue weighted by Gasteiger charge is -2.29. The molecule has 1 aromatic rings. The van der Waals surface area contributed by atoms with Gasteiger partial charge in [0.2, 0.25) is 11.8 Å². The predicted octanol–water partition coefficient (Wildman–Crippen LogP) is 4.71. The van der Waals surface area contributed by atoms with Crippen LogP contribution in [0, 0.1) is 0 Å². The van der Waals surface area contributed by atoms with E-state index in [-0.39, 0.29) is 43.0 Å². The monoisotopic (exact) mass is 586 g/mol. The van der Waals surface area contributed by atoms with Crippen LogP contribution in [0.5, 0.6) is 5.75 Å². The fraction of sp³-hybridized carbons (Fsp3) is 0.688. The van der Waals surface area contributed by atoms with Crippen molar-refractivity contribution in [3.63, 3.8) is 0 Å². The van der Waals surface area contributed by atoms with E-state index in [1.165, 1.54) is 25.7 Å². The predicted molar refractivity (Wildman–Crippen MR) is 161 cm³/mol. The molecule has 1 saturated heterocycles. The van der Waals surface area contributed by atoms with Crippen LogP contribution in [0.15, 0.2) is 24.3 Å². The van der Waals surface area contributed by atoms with Gasteiger partial charge in [0.15, 0.2) is 0 Å². The van der Waals surface area contributed by atoms with Crippen LogP contribution in [0.1, 0.15) is 109 Å². The van der Waals surface area contributed by atoms with Crippen LogP contribution >= 0.6 is 0 Å². The summed E-state index contributed by atoms with van der Waals surface area (Å²) in [6.07, 6.45) is 8.97. The zero-order valence-electron chi connectivity index (χ0n) is 25.8. The second-order valence-electron chi connectivity index (χ2n) is 12.5. The summed E-state index contributed by atoms with van der Waals surface area (Å²) in [6.45, 7) is 8.43. The van der Waals surface area contributed by atoms with E-state index in [1.807, 2.05) is 0 Å². The molecule has 0 aromatic heterocycles. The molecule has 2 aliphatic rings. The SMILES string of the molecule is CCCCCCCCCC(=O)N[C@H]1CCCNC(=O)c2cccc(c2)OC[C@@H]2C[C@H](NC(=O)OC(C)(C)C)CN2C1=O. The van der Waals surface area contributed by atoms with Crippen LogP contribution in [0.4, 0.5) is 4.79 Å². The van der Waals surface area contributed by atoms with Crippen LogP contribution in [0.2, 0.25) is 0 Å². The van der Waals surface area contributed by atoms with Gasteiger partial charge in [-0.05, 0) is 64.7 Å². The van der Waals surface area contributed by atoms with Crippen molar-refractivity contribution in [3.8, 4) is 5.75 Å². The molecule has 4 amide bonds. The second kappa shape index (κ2) is 16.4. The van der Waals surface area contributed by atoms with Crippen LogP contribution < -0.4 is 20.7 Å². The van der Waals surface area contributed by atoms with Gasteiger partial charge in [-0.3, -0.25) is 14.4 Å². The number of nitrogens with zero attached hydrogens (tertiary/aromatic N) is 1. The smallest absolute Gasteiger partial charge is 0.407 e. The maximum atomic E-state index is 13.9. The van der Waals surface area contributed by atoms with E-state index in [4.69, 9.17) is 9.47 Å². The normalized spacial score (nSPS) is 21.4. The molecule has 234 valence electrons. The number of hydrogen-bond donors (Lipinski definition) is 3. The molecule has 2 heterocycles. The van der Waals surface area contributed by atoms with Gasteiger partial charge < -0.3 is 30.3 Å². The summed E-state index contributed by atoms with van der Waals surface area (Å²) in [6, 6.07) is 5.55. The van der Waals surface area contributed by atoms with E-state index < -0.39 is 17.7 Å². The second-order valence-corrected chi connectivity index (χ2v) is 12.5. The number of benzene rings is 1. The van der Waals surface area contributed by atoms with Gasteiger partial charge in [-0.2, -0.15) is 0 Å². The summed E-state index contributed by atoms with van der Waals surface area (Å²) in [4.78, 5) is 53.7. The summed E-state index contributed by atoms with van der Waals surface area (Å²) in [5.74, 6) is -0.0395. The fourth-order valence-electron chi connectivity index (χ4n) is 5.42. The van der Waals surface area contributed by atoms with Gasteiger partial charge in [-0.25, -0.2) is 4.79 Å². The minimum absolute atomic E-state index is 0.141. The van der Waals surface area contributed by atoms with Gasteiger partial charge in [0.25, 0.3) is 5.91 Å². The van der Waals surface area contributed by atoms with Crippen molar-refractivity contribution < 1.29 is 28.7 Å². The molecule has 3 atom stereocenters. The topological polar surface area (TPSA) is 126 Å². The van der Waals surface area contributed by atoms with Crippen molar-refractivity contribution in [1.82, 2.24) is 20.9 Å². The molecule has 3 N–H and O–H groups in total. The Labute approximate surface area is 250 Å². The number of hydrogen-bond acceptors (Lipinski definition) is 6. The molecule has 0 saturated carbocycles. The standard InChI is InChI=1S/C32H50N4O6/c1-5-6-7-8-9-10-11-17-28(37)35-27-16-13-18-33-29(38)23-14-12-15-26(19-23)41-22-25-20-24(21-36(25)30(27)39)34-31(40)42-32(2,3)4/h12,14-15,19,24-25,27H,5-11,13,16-18,20-22H2,1-4H3,(H,33,38)(H,34,40)(H,35,37)/t24-,25-,27-/m0/s1. The Morgan fingerprint density at radius 2 is 1.81 bits per heavy atom. The van der Waals surface area contributed by atoms with Crippen molar-refractivity contribution >= 4 is 23.8 Å². The number of nitrogens with one attached hydrogen (secondary N) is 3. The first-order valence-electron chi connectivity index (χ1n) is 15.7. The van der Waals surface area contributed by atoms with Crippen LogP contribution in [-0.4, -0.2) is 72.1 Å². The Balaban J connectivity index is 1.70. The molecule has 0 aliphatic carbocycles. The van der Waals surface area contributed by atoms with E-state index in [0.717, 1.165) is 19.3 Å². The van der Waals surface area contributed by atoms with E-state index in [9.17, 15) is 19.2 Å². The number of amides is 4. The molecule has 10 nitrogen and oxygen atoms in total. The Hall–Kier alpha value is -3.30. The van der Waals surface area contributed by atoms with E-state index in [0.29, 0.717) is 43.5 Å². The van der Waals surface area contributed by atoms with Gasteiger partial charge in [-0.1, -0.05) is 51.5 Å². The Morgan fingerprint density at radius 3 is 2.55 bits per heavy atom. The minimum atomic E-state index is -0.734. The van der Waals surface area contributed by atoms with Crippen LogP contribution in [0.25, 0.3) is 0 Å². The summed E-state index contributed by atoms with van der Waals surface area (Å²) in [7, 11) is 0. The van der Waals surface area contributed by atoms with Gasteiger partial charge in [0.1, 0.15) is 24.0 Å². The lowest BCUT2D eigenvalue weighted by atomic mass is 10.1.